The number of piperazine rings is 1. The van der Waals surface area contributed by atoms with Crippen molar-refractivity contribution < 1.29 is 21.6 Å². The summed E-state index contributed by atoms with van der Waals surface area (Å²) in [7, 11) is -4.03. The summed E-state index contributed by atoms with van der Waals surface area (Å²) < 4.78 is 66.9. The van der Waals surface area contributed by atoms with Gasteiger partial charge in [-0.05, 0) is 37.1 Å². The third kappa shape index (κ3) is 5.28. The minimum absolute atomic E-state index is 0.229. The van der Waals surface area contributed by atoms with Gasteiger partial charge in [0.25, 0.3) is 0 Å². The molecule has 0 radical (unpaired) electrons. The summed E-state index contributed by atoms with van der Waals surface area (Å²) in [5.74, 6) is 0. The molecule has 2 aromatic carbocycles. The largest absolute Gasteiger partial charge is 0.416 e. The second-order valence-electron chi connectivity index (χ2n) is 8.45. The summed E-state index contributed by atoms with van der Waals surface area (Å²) in [6.07, 6.45) is -3.94. The van der Waals surface area contributed by atoms with E-state index in [9.17, 15) is 21.6 Å². The molecule has 2 atom stereocenters. The Morgan fingerprint density at radius 3 is 2.58 bits per heavy atom. The molecule has 2 fully saturated rings. The average molecular weight is 454 g/mol. The van der Waals surface area contributed by atoms with Gasteiger partial charge in [-0.2, -0.15) is 13.2 Å². The van der Waals surface area contributed by atoms with Crippen LogP contribution in [0.4, 0.5) is 13.2 Å². The molecule has 9 heteroatoms. The Hall–Kier alpha value is -1.94. The van der Waals surface area contributed by atoms with Gasteiger partial charge in [-0.25, -0.2) is 13.1 Å². The summed E-state index contributed by atoms with van der Waals surface area (Å²) in [4.78, 5) is 4.29. The van der Waals surface area contributed by atoms with E-state index < -0.39 is 21.8 Å². The zero-order chi connectivity index (χ0) is 22.2. The monoisotopic (exact) mass is 453 g/mol. The van der Waals surface area contributed by atoms with Gasteiger partial charge in [-0.1, -0.05) is 35.9 Å². The molecule has 2 aromatic rings. The molecule has 2 heterocycles. The SMILES string of the molecule is Cc1cccc(CN2CCN3CC(NS(=O)(=O)c4cccc(C(F)(F)F)c4)CC3C2)c1. The lowest BCUT2D eigenvalue weighted by Gasteiger charge is -2.37. The molecular formula is C22H26F3N3O2S. The first-order valence-corrected chi connectivity index (χ1v) is 11.8. The molecule has 4 rings (SSSR count). The molecule has 2 unspecified atom stereocenters. The van der Waals surface area contributed by atoms with Gasteiger partial charge in [0.2, 0.25) is 10.0 Å². The molecule has 0 amide bonds. The zero-order valence-electron chi connectivity index (χ0n) is 17.3. The molecule has 0 saturated carbocycles. The van der Waals surface area contributed by atoms with Crippen LogP contribution in [0.2, 0.25) is 0 Å². The van der Waals surface area contributed by atoms with E-state index in [2.05, 4.69) is 45.7 Å². The Bertz CT molecular complexity index is 1040. The van der Waals surface area contributed by atoms with Crippen molar-refractivity contribution in [3.05, 3.63) is 65.2 Å². The minimum Gasteiger partial charge on any atom is -0.296 e. The molecule has 0 bridgehead atoms. The van der Waals surface area contributed by atoms with E-state index in [1.807, 2.05) is 0 Å². The van der Waals surface area contributed by atoms with Gasteiger partial charge in [0.15, 0.2) is 0 Å². The predicted octanol–water partition coefficient (Wildman–Crippen LogP) is 3.25. The number of benzene rings is 2. The first-order chi connectivity index (χ1) is 14.6. The lowest BCUT2D eigenvalue weighted by molar-refractivity contribution is -0.137. The fraction of sp³-hybridized carbons (Fsp3) is 0.455. The average Bonchev–Trinajstić information content (AvgIpc) is 3.08. The molecule has 2 aliphatic heterocycles. The van der Waals surface area contributed by atoms with Gasteiger partial charge >= 0.3 is 6.18 Å². The third-order valence-electron chi connectivity index (χ3n) is 5.98. The lowest BCUT2D eigenvalue weighted by Crippen LogP contribution is -2.49. The van der Waals surface area contributed by atoms with E-state index in [0.29, 0.717) is 19.0 Å². The predicted molar refractivity (Wildman–Crippen MR) is 112 cm³/mol. The Balaban J connectivity index is 1.39. The van der Waals surface area contributed by atoms with E-state index in [1.165, 1.54) is 17.2 Å². The smallest absolute Gasteiger partial charge is 0.296 e. The quantitative estimate of drug-likeness (QED) is 0.755. The standard InChI is InChI=1S/C22H26F3N3O2S/c1-16-4-2-5-17(10-16)13-27-8-9-28-14-19(12-20(28)15-27)26-31(29,30)21-7-3-6-18(11-21)22(23,24)25/h2-7,10-11,19-20,26H,8-9,12-15H2,1H3. The van der Waals surface area contributed by atoms with Gasteiger partial charge < -0.3 is 0 Å². The molecule has 0 spiro atoms. The van der Waals surface area contributed by atoms with Gasteiger partial charge in [-0.15, -0.1) is 0 Å². The van der Waals surface area contributed by atoms with Crippen LogP contribution in [0.3, 0.4) is 0 Å². The van der Waals surface area contributed by atoms with E-state index in [1.54, 1.807) is 0 Å². The molecule has 2 aliphatic rings. The van der Waals surface area contributed by atoms with Crippen LogP contribution < -0.4 is 4.72 Å². The van der Waals surface area contributed by atoms with E-state index in [0.717, 1.165) is 38.3 Å². The molecule has 1 N–H and O–H groups in total. The van der Waals surface area contributed by atoms with Crippen LogP contribution in [0.25, 0.3) is 0 Å². The molecule has 0 aliphatic carbocycles. The fourth-order valence-electron chi connectivity index (χ4n) is 4.53. The van der Waals surface area contributed by atoms with Crippen molar-refractivity contribution >= 4 is 10.0 Å². The highest BCUT2D eigenvalue weighted by Crippen LogP contribution is 2.31. The van der Waals surface area contributed by atoms with Crippen molar-refractivity contribution in [2.75, 3.05) is 26.2 Å². The Labute approximate surface area is 180 Å². The molecule has 2 saturated heterocycles. The van der Waals surface area contributed by atoms with Crippen LogP contribution in [-0.2, 0) is 22.7 Å². The number of fused-ring (bicyclic) bond motifs is 1. The zero-order valence-corrected chi connectivity index (χ0v) is 18.1. The van der Waals surface area contributed by atoms with E-state index >= 15 is 0 Å². The number of rotatable bonds is 5. The maximum absolute atomic E-state index is 13.0. The normalized spacial score (nSPS) is 23.1. The molecule has 31 heavy (non-hydrogen) atoms. The molecular weight excluding hydrogens is 427 g/mol. The maximum atomic E-state index is 13.0. The topological polar surface area (TPSA) is 52.6 Å². The first kappa shape index (κ1) is 22.3. The Morgan fingerprint density at radius 1 is 1.06 bits per heavy atom. The molecule has 0 aromatic heterocycles. The minimum atomic E-state index is -4.58. The Morgan fingerprint density at radius 2 is 1.84 bits per heavy atom. The van der Waals surface area contributed by atoms with Gasteiger partial charge in [-0.3, -0.25) is 9.80 Å². The van der Waals surface area contributed by atoms with Crippen LogP contribution in [0.15, 0.2) is 53.4 Å². The number of aryl methyl sites for hydroxylation is 1. The van der Waals surface area contributed by atoms with Crippen molar-refractivity contribution in [1.82, 2.24) is 14.5 Å². The summed E-state index contributed by atoms with van der Waals surface area (Å²) in [5, 5.41) is 0. The van der Waals surface area contributed by atoms with E-state index in [-0.39, 0.29) is 17.0 Å². The number of halogens is 3. The first-order valence-electron chi connectivity index (χ1n) is 10.3. The summed E-state index contributed by atoms with van der Waals surface area (Å²) in [6.45, 7) is 6.08. The highest BCUT2D eigenvalue weighted by molar-refractivity contribution is 7.89. The Kier molecular flexibility index (Phi) is 6.13. The summed E-state index contributed by atoms with van der Waals surface area (Å²) >= 11 is 0. The second-order valence-corrected chi connectivity index (χ2v) is 10.2. The van der Waals surface area contributed by atoms with E-state index in [4.69, 9.17) is 0 Å². The number of alkyl halides is 3. The van der Waals surface area contributed by atoms with Crippen LogP contribution in [0.5, 0.6) is 0 Å². The highest BCUT2D eigenvalue weighted by Gasteiger charge is 2.38. The van der Waals surface area contributed by atoms with Crippen LogP contribution in [0, 0.1) is 6.92 Å². The van der Waals surface area contributed by atoms with Crippen LogP contribution in [0.1, 0.15) is 23.1 Å². The van der Waals surface area contributed by atoms with Crippen LogP contribution >= 0.6 is 0 Å². The summed E-state index contributed by atoms with van der Waals surface area (Å²) in [5.41, 5.74) is 1.51. The summed E-state index contributed by atoms with van der Waals surface area (Å²) in [6, 6.07) is 12.2. The number of nitrogens with one attached hydrogen (secondary N) is 1. The van der Waals surface area contributed by atoms with Crippen molar-refractivity contribution in [3.8, 4) is 0 Å². The van der Waals surface area contributed by atoms with Crippen molar-refractivity contribution in [1.29, 1.82) is 0 Å². The van der Waals surface area contributed by atoms with Gasteiger partial charge in [0, 0.05) is 44.8 Å². The van der Waals surface area contributed by atoms with Gasteiger partial charge in [0.05, 0.1) is 10.5 Å². The van der Waals surface area contributed by atoms with Crippen LogP contribution in [-0.4, -0.2) is 56.5 Å². The van der Waals surface area contributed by atoms with Crippen molar-refractivity contribution in [2.45, 2.75) is 43.0 Å². The second kappa shape index (κ2) is 8.54. The number of sulfonamides is 1. The van der Waals surface area contributed by atoms with Gasteiger partial charge in [0.1, 0.15) is 0 Å². The highest BCUT2D eigenvalue weighted by atomic mass is 32.2. The number of hydrogen-bond donors (Lipinski definition) is 1. The van der Waals surface area contributed by atoms with Crippen molar-refractivity contribution in [2.24, 2.45) is 0 Å². The molecule has 168 valence electrons. The maximum Gasteiger partial charge on any atom is 0.416 e. The molecule has 5 nitrogen and oxygen atoms in total. The number of hydrogen-bond acceptors (Lipinski definition) is 4. The third-order valence-corrected chi connectivity index (χ3v) is 7.50. The lowest BCUT2D eigenvalue weighted by atomic mass is 10.1. The number of nitrogens with zero attached hydrogens (tertiary/aromatic N) is 2. The fourth-order valence-corrected chi connectivity index (χ4v) is 5.82. The van der Waals surface area contributed by atoms with Crippen molar-refractivity contribution in [3.63, 3.8) is 0 Å².